The summed E-state index contributed by atoms with van der Waals surface area (Å²) in [6.07, 6.45) is 1.34. The van der Waals surface area contributed by atoms with Gasteiger partial charge in [-0.25, -0.2) is 0 Å². The molecule has 1 aliphatic rings. The fraction of sp³-hybridized carbons (Fsp3) is 0.333. The number of hydrogen-bond acceptors (Lipinski definition) is 3. The van der Waals surface area contributed by atoms with E-state index >= 15 is 0 Å². The highest BCUT2D eigenvalue weighted by molar-refractivity contribution is 5.33. The number of benzene rings is 2. The van der Waals surface area contributed by atoms with E-state index in [1.165, 1.54) is 5.56 Å². The lowest BCUT2D eigenvalue weighted by atomic mass is 10.2. The molecule has 21 heavy (non-hydrogen) atoms. The quantitative estimate of drug-likeness (QED) is 0.840. The molecule has 0 N–H and O–H groups in total. The molecule has 1 saturated heterocycles. The van der Waals surface area contributed by atoms with Crippen LogP contribution in [0.25, 0.3) is 0 Å². The van der Waals surface area contributed by atoms with Crippen LogP contribution in [0.2, 0.25) is 0 Å². The average Bonchev–Trinajstić information content (AvgIpc) is 2.95. The van der Waals surface area contributed by atoms with Gasteiger partial charge in [-0.05, 0) is 24.1 Å². The van der Waals surface area contributed by atoms with Crippen molar-refractivity contribution in [3.05, 3.63) is 60.2 Å². The summed E-state index contributed by atoms with van der Waals surface area (Å²) in [5.41, 5.74) is 1.36. The van der Waals surface area contributed by atoms with Crippen LogP contribution in [0.5, 0.6) is 11.5 Å². The van der Waals surface area contributed by atoms with Crippen molar-refractivity contribution in [1.29, 1.82) is 0 Å². The second-order valence-corrected chi connectivity index (χ2v) is 5.43. The highest BCUT2D eigenvalue weighted by atomic mass is 16.5. The van der Waals surface area contributed by atoms with E-state index < -0.39 is 0 Å². The lowest BCUT2D eigenvalue weighted by Crippen LogP contribution is -2.24. The van der Waals surface area contributed by atoms with E-state index in [-0.39, 0.29) is 6.10 Å². The third-order valence-corrected chi connectivity index (χ3v) is 3.82. The summed E-state index contributed by atoms with van der Waals surface area (Å²) in [6.45, 7) is 3.06. The van der Waals surface area contributed by atoms with Crippen molar-refractivity contribution >= 4 is 0 Å². The molecule has 0 saturated carbocycles. The summed E-state index contributed by atoms with van der Waals surface area (Å²) in [4.78, 5) is 2.44. The van der Waals surface area contributed by atoms with Crippen LogP contribution in [0.4, 0.5) is 0 Å². The first kappa shape index (κ1) is 14.0. The average molecular weight is 283 g/mol. The Labute approximate surface area is 126 Å². The zero-order chi connectivity index (χ0) is 14.5. The molecule has 0 bridgehead atoms. The second kappa shape index (κ2) is 6.64. The number of likely N-dealkylation sites (tertiary alicyclic amines) is 1. The molecule has 1 aliphatic heterocycles. The molecule has 3 rings (SSSR count). The van der Waals surface area contributed by atoms with Crippen molar-refractivity contribution in [2.75, 3.05) is 20.2 Å². The van der Waals surface area contributed by atoms with Crippen molar-refractivity contribution in [2.45, 2.75) is 19.1 Å². The van der Waals surface area contributed by atoms with Gasteiger partial charge in [0.1, 0.15) is 17.6 Å². The molecular formula is C18H21NO2. The number of hydrogen-bond donors (Lipinski definition) is 0. The Kier molecular flexibility index (Phi) is 4.41. The maximum Gasteiger partial charge on any atom is 0.123 e. The van der Waals surface area contributed by atoms with Crippen molar-refractivity contribution in [1.82, 2.24) is 4.90 Å². The minimum Gasteiger partial charge on any atom is -0.497 e. The van der Waals surface area contributed by atoms with Gasteiger partial charge in [0.25, 0.3) is 0 Å². The molecule has 0 amide bonds. The molecule has 3 nitrogen and oxygen atoms in total. The van der Waals surface area contributed by atoms with E-state index in [1.807, 2.05) is 24.3 Å². The number of nitrogens with zero attached hydrogens (tertiary/aromatic N) is 1. The third-order valence-electron chi connectivity index (χ3n) is 3.82. The first-order valence-electron chi connectivity index (χ1n) is 7.40. The van der Waals surface area contributed by atoms with Gasteiger partial charge in [0, 0.05) is 25.7 Å². The van der Waals surface area contributed by atoms with Crippen LogP contribution in [0.3, 0.4) is 0 Å². The second-order valence-electron chi connectivity index (χ2n) is 5.43. The molecular weight excluding hydrogens is 262 g/mol. The molecule has 0 aliphatic carbocycles. The molecule has 110 valence electrons. The van der Waals surface area contributed by atoms with Crippen LogP contribution in [-0.2, 0) is 6.54 Å². The fourth-order valence-corrected chi connectivity index (χ4v) is 2.75. The summed E-state index contributed by atoms with van der Waals surface area (Å²) < 4.78 is 11.3. The Morgan fingerprint density at radius 2 is 1.86 bits per heavy atom. The maximum absolute atomic E-state index is 6.06. The van der Waals surface area contributed by atoms with Crippen LogP contribution in [-0.4, -0.2) is 31.2 Å². The van der Waals surface area contributed by atoms with Crippen molar-refractivity contribution in [3.8, 4) is 11.5 Å². The lowest BCUT2D eigenvalue weighted by Gasteiger charge is -2.17. The van der Waals surface area contributed by atoms with Gasteiger partial charge in [-0.3, -0.25) is 4.90 Å². The van der Waals surface area contributed by atoms with Gasteiger partial charge in [0.2, 0.25) is 0 Å². The Hall–Kier alpha value is -2.00. The van der Waals surface area contributed by atoms with E-state index in [2.05, 4.69) is 35.2 Å². The highest BCUT2D eigenvalue weighted by Crippen LogP contribution is 2.23. The van der Waals surface area contributed by atoms with E-state index in [0.717, 1.165) is 37.6 Å². The number of ether oxygens (including phenoxy) is 2. The number of methoxy groups -OCH3 is 1. The Bertz CT molecular complexity index is 570. The van der Waals surface area contributed by atoms with Crippen molar-refractivity contribution in [3.63, 3.8) is 0 Å². The van der Waals surface area contributed by atoms with Gasteiger partial charge >= 0.3 is 0 Å². The van der Waals surface area contributed by atoms with Crippen LogP contribution in [0.1, 0.15) is 12.0 Å². The van der Waals surface area contributed by atoms with Crippen molar-refractivity contribution < 1.29 is 9.47 Å². The smallest absolute Gasteiger partial charge is 0.123 e. The molecule has 0 aromatic heterocycles. The first-order chi connectivity index (χ1) is 10.3. The van der Waals surface area contributed by atoms with Crippen LogP contribution < -0.4 is 9.47 Å². The first-order valence-corrected chi connectivity index (χ1v) is 7.40. The van der Waals surface area contributed by atoms with Crippen molar-refractivity contribution in [2.24, 2.45) is 0 Å². The minimum atomic E-state index is 0.265. The Morgan fingerprint density at radius 3 is 2.67 bits per heavy atom. The monoisotopic (exact) mass is 283 g/mol. The zero-order valence-corrected chi connectivity index (χ0v) is 12.4. The van der Waals surface area contributed by atoms with E-state index in [0.29, 0.717) is 0 Å². The summed E-state index contributed by atoms with van der Waals surface area (Å²) in [5.74, 6) is 1.73. The van der Waals surface area contributed by atoms with Gasteiger partial charge in [0.15, 0.2) is 0 Å². The topological polar surface area (TPSA) is 21.7 Å². The summed E-state index contributed by atoms with van der Waals surface area (Å²) in [6, 6.07) is 18.4. The Morgan fingerprint density at radius 1 is 1.05 bits per heavy atom. The van der Waals surface area contributed by atoms with Crippen LogP contribution in [0.15, 0.2) is 54.6 Å². The van der Waals surface area contributed by atoms with Gasteiger partial charge in [0.05, 0.1) is 7.11 Å². The molecule has 2 aromatic rings. The molecule has 1 atom stereocenters. The summed E-state index contributed by atoms with van der Waals surface area (Å²) >= 11 is 0. The predicted molar refractivity (Wildman–Crippen MR) is 83.7 cm³/mol. The molecule has 2 aromatic carbocycles. The molecule has 1 unspecified atom stereocenters. The molecule has 1 heterocycles. The van der Waals surface area contributed by atoms with Gasteiger partial charge in [-0.1, -0.05) is 36.4 Å². The summed E-state index contributed by atoms with van der Waals surface area (Å²) in [7, 11) is 1.68. The summed E-state index contributed by atoms with van der Waals surface area (Å²) in [5, 5.41) is 0. The largest absolute Gasteiger partial charge is 0.497 e. The zero-order valence-electron chi connectivity index (χ0n) is 12.4. The fourth-order valence-electron chi connectivity index (χ4n) is 2.75. The maximum atomic E-state index is 6.06. The molecule has 0 spiro atoms. The number of rotatable bonds is 5. The third kappa shape index (κ3) is 3.76. The van der Waals surface area contributed by atoms with E-state index in [1.54, 1.807) is 7.11 Å². The lowest BCUT2D eigenvalue weighted by molar-refractivity contribution is 0.197. The van der Waals surface area contributed by atoms with Gasteiger partial charge in [-0.15, -0.1) is 0 Å². The van der Waals surface area contributed by atoms with Gasteiger partial charge in [-0.2, -0.15) is 0 Å². The molecule has 3 heteroatoms. The Balaban J connectivity index is 1.54. The highest BCUT2D eigenvalue weighted by Gasteiger charge is 2.23. The SMILES string of the molecule is COc1cccc(OC2CCN(Cc3ccccc3)C2)c1. The minimum absolute atomic E-state index is 0.265. The van der Waals surface area contributed by atoms with Crippen LogP contribution >= 0.6 is 0 Å². The van der Waals surface area contributed by atoms with E-state index in [4.69, 9.17) is 9.47 Å². The normalized spacial score (nSPS) is 18.6. The molecule has 1 fully saturated rings. The molecule has 0 radical (unpaired) electrons. The standard InChI is InChI=1S/C18H21NO2/c1-20-16-8-5-9-17(12-16)21-18-10-11-19(14-18)13-15-6-3-2-4-7-15/h2-9,12,18H,10-11,13-14H2,1H3. The predicted octanol–water partition coefficient (Wildman–Crippen LogP) is 3.35. The van der Waals surface area contributed by atoms with Gasteiger partial charge < -0.3 is 9.47 Å². The van der Waals surface area contributed by atoms with Crippen LogP contribution in [0, 0.1) is 0 Å². The van der Waals surface area contributed by atoms with E-state index in [9.17, 15) is 0 Å².